The van der Waals surface area contributed by atoms with E-state index in [4.69, 9.17) is 0 Å². The summed E-state index contributed by atoms with van der Waals surface area (Å²) in [6, 6.07) is 8.45. The number of nitrogens with zero attached hydrogens (tertiary/aromatic N) is 6. The maximum absolute atomic E-state index is 3.97. The van der Waals surface area contributed by atoms with Crippen LogP contribution in [-0.2, 0) is 26.2 Å². The van der Waals surface area contributed by atoms with Gasteiger partial charge in [0.25, 0.3) is 5.69 Å². The largest absolute Gasteiger partial charge is 0.257 e. The van der Waals surface area contributed by atoms with Gasteiger partial charge in [-0.1, -0.05) is 38.5 Å². The molecule has 4 rings (SSSR count). The van der Waals surface area contributed by atoms with E-state index in [1.807, 2.05) is 40.0 Å². The molecule has 4 aromatic rings. The van der Waals surface area contributed by atoms with Gasteiger partial charge >= 0.3 is 0 Å². The molecule has 0 saturated carbocycles. The van der Waals surface area contributed by atoms with Gasteiger partial charge in [-0.2, -0.15) is 9.13 Å². The lowest BCUT2D eigenvalue weighted by Crippen LogP contribution is -2.45. The van der Waals surface area contributed by atoms with Gasteiger partial charge in [-0.3, -0.25) is 0 Å². The Bertz CT molecular complexity index is 1320. The van der Waals surface area contributed by atoms with Gasteiger partial charge in [-0.05, 0) is 11.1 Å². The highest BCUT2D eigenvalue weighted by atomic mass is 15.2. The first kappa shape index (κ1) is 22.9. The van der Waals surface area contributed by atoms with Crippen LogP contribution in [0.25, 0.3) is 35.9 Å². The number of aryl methyl sites for hydroxylation is 4. The molecule has 6 heteroatoms. The molecule has 4 heterocycles. The SMILES string of the molecule is C=Cc1cc[n+](CC[n+]2ccc(C=C)cc2-c2c[n+](C=C)cn2CC[n+]2ccn(C=C)c2)cc1. The minimum atomic E-state index is 0.818. The molecule has 0 spiro atoms. The zero-order chi connectivity index (χ0) is 23.9. The van der Waals surface area contributed by atoms with Crippen LogP contribution in [0.5, 0.6) is 0 Å². The second kappa shape index (κ2) is 10.5. The molecule has 0 unspecified atom stereocenters. The second-order valence-corrected chi connectivity index (χ2v) is 8.05. The predicted octanol–water partition coefficient (Wildman–Crippen LogP) is 2.99. The molecule has 0 aromatic carbocycles. The van der Waals surface area contributed by atoms with Crippen molar-refractivity contribution >= 4 is 24.6 Å². The summed E-state index contributed by atoms with van der Waals surface area (Å²) in [7, 11) is 0. The maximum Gasteiger partial charge on any atom is 0.257 e. The second-order valence-electron chi connectivity index (χ2n) is 8.05. The first-order valence-electron chi connectivity index (χ1n) is 11.3. The Morgan fingerprint density at radius 2 is 1.56 bits per heavy atom. The van der Waals surface area contributed by atoms with E-state index in [2.05, 4.69) is 106 Å². The van der Waals surface area contributed by atoms with Crippen molar-refractivity contribution < 1.29 is 18.3 Å². The molecule has 0 aliphatic carbocycles. The van der Waals surface area contributed by atoms with Crippen molar-refractivity contribution in [3.8, 4) is 11.4 Å². The van der Waals surface area contributed by atoms with Crippen molar-refractivity contribution in [3.05, 3.63) is 112 Å². The highest BCUT2D eigenvalue weighted by molar-refractivity contribution is 5.56. The minimum absolute atomic E-state index is 0.818. The molecule has 0 N–H and O–H groups in total. The zero-order valence-corrected chi connectivity index (χ0v) is 19.6. The number of aromatic nitrogens is 6. The van der Waals surface area contributed by atoms with Crippen LogP contribution in [0.4, 0.5) is 0 Å². The number of hydrogen-bond acceptors (Lipinski definition) is 0. The van der Waals surface area contributed by atoms with Crippen LogP contribution in [0.1, 0.15) is 11.1 Å². The molecule has 170 valence electrons. The number of imidazole rings is 2. The monoisotopic (exact) mass is 452 g/mol. The molecule has 0 saturated heterocycles. The van der Waals surface area contributed by atoms with Crippen LogP contribution >= 0.6 is 0 Å². The third kappa shape index (κ3) is 5.18. The smallest absolute Gasteiger partial charge is 0.232 e. The van der Waals surface area contributed by atoms with Crippen molar-refractivity contribution in [3.63, 3.8) is 0 Å². The Kier molecular flexibility index (Phi) is 7.08. The van der Waals surface area contributed by atoms with Gasteiger partial charge in [0.2, 0.25) is 31.4 Å². The topological polar surface area (TPSA) is 25.4 Å². The van der Waals surface area contributed by atoms with E-state index < -0.39 is 0 Å². The van der Waals surface area contributed by atoms with Crippen molar-refractivity contribution in [2.24, 2.45) is 0 Å². The molecule has 4 aromatic heterocycles. The minimum Gasteiger partial charge on any atom is -0.232 e. The van der Waals surface area contributed by atoms with Crippen LogP contribution in [0.15, 0.2) is 100 Å². The summed E-state index contributed by atoms with van der Waals surface area (Å²) in [6.45, 7) is 18.9. The third-order valence-corrected chi connectivity index (χ3v) is 5.90. The maximum atomic E-state index is 3.97. The fourth-order valence-corrected chi connectivity index (χ4v) is 3.90. The Balaban J connectivity index is 1.64. The highest BCUT2D eigenvalue weighted by Gasteiger charge is 2.25. The molecular weight excluding hydrogens is 420 g/mol. The van der Waals surface area contributed by atoms with Crippen LogP contribution in [0, 0.1) is 0 Å². The van der Waals surface area contributed by atoms with E-state index in [-0.39, 0.29) is 0 Å². The summed E-state index contributed by atoms with van der Waals surface area (Å²) in [6.07, 6.45) is 24.0. The lowest BCUT2D eigenvalue weighted by molar-refractivity contribution is -0.773. The van der Waals surface area contributed by atoms with Gasteiger partial charge in [-0.25, -0.2) is 18.3 Å². The standard InChI is InChI=1S/C28H32N6/c1-5-25-9-12-31(13-10-25)17-19-33-14-11-26(6-2)21-27(33)28-22-30(8-4)24-34(28)20-18-32-16-15-29(7-3)23-32/h5-16,21-24H,1-4,17-20H2/q+4. The molecule has 0 fully saturated rings. The quantitative estimate of drug-likeness (QED) is 0.313. The van der Waals surface area contributed by atoms with Gasteiger partial charge in [-0.15, -0.1) is 0 Å². The zero-order valence-electron chi connectivity index (χ0n) is 19.6. The van der Waals surface area contributed by atoms with Gasteiger partial charge in [0, 0.05) is 24.3 Å². The van der Waals surface area contributed by atoms with Crippen molar-refractivity contribution in [1.82, 2.24) is 9.13 Å². The van der Waals surface area contributed by atoms with Crippen molar-refractivity contribution in [2.75, 3.05) is 0 Å². The summed E-state index contributed by atoms with van der Waals surface area (Å²) in [5.74, 6) is 0. The van der Waals surface area contributed by atoms with Gasteiger partial charge in [0.05, 0.1) is 12.4 Å². The van der Waals surface area contributed by atoms with Crippen LogP contribution in [0.3, 0.4) is 0 Å². The molecule has 0 amide bonds. The van der Waals surface area contributed by atoms with Crippen molar-refractivity contribution in [2.45, 2.75) is 26.2 Å². The molecule has 0 bridgehead atoms. The fraction of sp³-hybridized carbons (Fsp3) is 0.143. The van der Waals surface area contributed by atoms with Gasteiger partial charge in [0.15, 0.2) is 18.6 Å². The van der Waals surface area contributed by atoms with E-state index >= 15 is 0 Å². The fourth-order valence-electron chi connectivity index (χ4n) is 3.90. The number of pyridine rings is 2. The predicted molar refractivity (Wildman–Crippen MR) is 134 cm³/mol. The molecule has 0 radical (unpaired) electrons. The van der Waals surface area contributed by atoms with Crippen LogP contribution < -0.4 is 18.3 Å². The first-order valence-corrected chi connectivity index (χ1v) is 11.3. The third-order valence-electron chi connectivity index (χ3n) is 5.90. The van der Waals surface area contributed by atoms with Crippen molar-refractivity contribution in [1.29, 1.82) is 0 Å². The summed E-state index contributed by atoms with van der Waals surface area (Å²) >= 11 is 0. The van der Waals surface area contributed by atoms with E-state index in [0.717, 1.165) is 48.7 Å². The average molecular weight is 453 g/mol. The van der Waals surface area contributed by atoms with Gasteiger partial charge in [0.1, 0.15) is 31.7 Å². The number of rotatable bonds is 11. The molecule has 0 atom stereocenters. The van der Waals surface area contributed by atoms with Gasteiger partial charge < -0.3 is 0 Å². The highest BCUT2D eigenvalue weighted by Crippen LogP contribution is 2.17. The Labute approximate surface area is 201 Å². The molecule has 6 nitrogen and oxygen atoms in total. The summed E-state index contributed by atoms with van der Waals surface area (Å²) in [5.41, 5.74) is 4.46. The molecular formula is C28H32N6+4. The summed E-state index contributed by atoms with van der Waals surface area (Å²) in [4.78, 5) is 0. The lowest BCUT2D eigenvalue weighted by atomic mass is 10.2. The summed E-state index contributed by atoms with van der Waals surface area (Å²) in [5, 5.41) is 0. The van der Waals surface area contributed by atoms with Crippen LogP contribution in [0.2, 0.25) is 0 Å². The Hall–Kier alpha value is -4.32. The normalized spacial score (nSPS) is 10.7. The Morgan fingerprint density at radius 1 is 0.794 bits per heavy atom. The number of hydrogen-bond donors (Lipinski definition) is 0. The van der Waals surface area contributed by atoms with E-state index in [9.17, 15) is 0 Å². The first-order chi connectivity index (χ1) is 16.6. The molecule has 0 aliphatic rings. The average Bonchev–Trinajstić information content (AvgIpc) is 3.53. The molecule has 34 heavy (non-hydrogen) atoms. The van der Waals surface area contributed by atoms with E-state index in [0.29, 0.717) is 0 Å². The van der Waals surface area contributed by atoms with E-state index in [1.165, 1.54) is 0 Å². The van der Waals surface area contributed by atoms with E-state index in [1.54, 1.807) is 6.20 Å². The Morgan fingerprint density at radius 3 is 2.24 bits per heavy atom. The summed E-state index contributed by atoms with van der Waals surface area (Å²) < 4.78 is 12.9. The molecule has 0 aliphatic heterocycles. The lowest BCUT2D eigenvalue weighted by Gasteiger charge is -2.04. The van der Waals surface area contributed by atoms with Crippen LogP contribution in [-0.4, -0.2) is 9.13 Å².